The largest absolute Gasteiger partial charge is 0.346 e. The summed E-state index contributed by atoms with van der Waals surface area (Å²) in [6.45, 7) is 12.9. The van der Waals surface area contributed by atoms with Gasteiger partial charge in [0.2, 0.25) is 11.6 Å². The molecule has 10 fully saturated rings. The summed E-state index contributed by atoms with van der Waals surface area (Å²) in [5.74, 6) is 0.685. The molecule has 0 amide bonds. The Labute approximate surface area is 301 Å². The monoisotopic (exact) mass is 708 g/mol. The van der Waals surface area contributed by atoms with Gasteiger partial charge in [0.05, 0.1) is 12.2 Å². The Morgan fingerprint density at radius 3 is 1.61 bits per heavy atom. The third kappa shape index (κ3) is 5.32. The molecule has 1 aromatic rings. The molecule has 280 valence electrons. The molecular weight excluding hydrogens is 652 g/mol. The molecule has 0 aromatic heterocycles. The minimum Gasteiger partial charge on any atom is -0.346 e. The lowest BCUT2D eigenvalue weighted by molar-refractivity contribution is -0.571. The Balaban J connectivity index is 0.846. The molecule has 10 aliphatic rings. The summed E-state index contributed by atoms with van der Waals surface area (Å²) < 4.78 is 26.4. The first-order chi connectivity index (χ1) is 24.4. The van der Waals surface area contributed by atoms with Crippen LogP contribution in [0.4, 0.5) is 0 Å². The van der Waals surface area contributed by atoms with E-state index >= 15 is 0 Å². The summed E-state index contributed by atoms with van der Waals surface area (Å²) in [6, 6.07) is 7.14. The first kappa shape index (κ1) is 35.0. The van der Waals surface area contributed by atoms with Crippen molar-refractivity contribution in [3.8, 4) is 0 Å². The summed E-state index contributed by atoms with van der Waals surface area (Å²) >= 11 is 0. The molecular formula is C41H56O10. The summed E-state index contributed by atoms with van der Waals surface area (Å²) in [6.07, 6.45) is 7.49. The second kappa shape index (κ2) is 12.4. The van der Waals surface area contributed by atoms with Gasteiger partial charge in [-0.2, -0.15) is 0 Å². The van der Waals surface area contributed by atoms with Gasteiger partial charge in [0.15, 0.2) is 35.3 Å². The fraction of sp³-hybridized carbons (Fsp3) is 0.805. The average Bonchev–Trinajstić information content (AvgIpc) is 3.49. The standard InChI is InChI=1S/C41H56O10/c1-22-7-13-30-24(3)34(44-36-40(30)28(22)17-19-38(5,46-36)48-50-40)16-15-32(42)26-9-11-27(12-10-26)33(43)21-35-25(4)31-14-8-23(2)29-18-20-39(6)47-37(45-35)41(29,31)51-49-39/h9-12,22-25,28-31,34-37H,7-8,13-21H2,1-6H3/t22-,23-,24-,25-,28+,29+,30+,31+,34+,35+,36+,37+,38-,39-,40-,41-/m1/s1. The van der Waals surface area contributed by atoms with Crippen LogP contribution in [0.5, 0.6) is 0 Å². The second-order valence-corrected chi connectivity index (χ2v) is 18.1. The first-order valence-electron chi connectivity index (χ1n) is 19.9. The highest BCUT2D eigenvalue weighted by Gasteiger charge is 2.70. The average molecular weight is 709 g/mol. The lowest BCUT2D eigenvalue weighted by Crippen LogP contribution is -2.70. The Bertz CT molecular complexity index is 1530. The van der Waals surface area contributed by atoms with Crippen LogP contribution in [0, 0.1) is 47.3 Å². The molecule has 2 saturated carbocycles. The SMILES string of the molecule is C[C@H]1[C@H](CCC(=O)c2ccc(C(=O)C[C@@H]3O[C@H]4O[C@@]5(C)CC[C@H]6[C@H](C)CC[C@@H]([C@H]3C)[C@@]46OO5)cc2)O[C@H]2O[C@@]3(C)CC[C@H]4[C@H](C)CC[C@@H]1[C@@]24OO3. The van der Waals surface area contributed by atoms with Gasteiger partial charge in [-0.25, -0.2) is 19.6 Å². The van der Waals surface area contributed by atoms with E-state index in [1.807, 2.05) is 13.8 Å². The minimum absolute atomic E-state index is 0.000690. The topological polar surface area (TPSA) is 108 Å². The van der Waals surface area contributed by atoms with E-state index in [-0.39, 0.29) is 59.8 Å². The van der Waals surface area contributed by atoms with Crippen molar-refractivity contribution in [2.75, 3.05) is 0 Å². The highest BCUT2D eigenvalue weighted by Crippen LogP contribution is 2.62. The molecule has 10 nitrogen and oxygen atoms in total. The second-order valence-electron chi connectivity index (χ2n) is 18.1. The zero-order chi connectivity index (χ0) is 35.5. The van der Waals surface area contributed by atoms with E-state index in [4.69, 9.17) is 38.5 Å². The quantitative estimate of drug-likeness (QED) is 0.206. The van der Waals surface area contributed by atoms with Crippen molar-refractivity contribution in [1.82, 2.24) is 0 Å². The van der Waals surface area contributed by atoms with Gasteiger partial charge in [-0.15, -0.1) is 0 Å². The van der Waals surface area contributed by atoms with E-state index in [9.17, 15) is 9.59 Å². The van der Waals surface area contributed by atoms with E-state index in [0.29, 0.717) is 41.7 Å². The molecule has 51 heavy (non-hydrogen) atoms. The number of carbonyl (C=O) groups excluding carboxylic acids is 2. The number of fused-ring (bicyclic) bond motifs is 4. The van der Waals surface area contributed by atoms with Crippen molar-refractivity contribution in [3.63, 3.8) is 0 Å². The predicted octanol–water partition coefficient (Wildman–Crippen LogP) is 7.72. The van der Waals surface area contributed by atoms with Crippen molar-refractivity contribution in [1.29, 1.82) is 0 Å². The fourth-order valence-corrected chi connectivity index (χ4v) is 12.1. The highest BCUT2D eigenvalue weighted by atomic mass is 17.3. The van der Waals surface area contributed by atoms with E-state index in [0.717, 1.165) is 51.4 Å². The lowest BCUT2D eigenvalue weighted by Gasteiger charge is -2.60. The number of benzene rings is 1. The Kier molecular flexibility index (Phi) is 8.49. The number of carbonyl (C=O) groups is 2. The number of ketones is 2. The lowest BCUT2D eigenvalue weighted by atomic mass is 9.57. The molecule has 4 bridgehead atoms. The van der Waals surface area contributed by atoms with Gasteiger partial charge in [-0.05, 0) is 94.3 Å². The van der Waals surface area contributed by atoms with Crippen LogP contribution in [0.2, 0.25) is 0 Å². The molecule has 8 saturated heterocycles. The van der Waals surface area contributed by atoms with Gasteiger partial charge < -0.3 is 18.9 Å². The maximum atomic E-state index is 13.7. The zero-order valence-corrected chi connectivity index (χ0v) is 31.1. The molecule has 0 N–H and O–H groups in total. The van der Waals surface area contributed by atoms with Gasteiger partial charge in [0.25, 0.3) is 0 Å². The normalized spacial score (nSPS) is 51.2. The molecule has 2 spiro atoms. The summed E-state index contributed by atoms with van der Waals surface area (Å²) in [5, 5.41) is 0. The van der Waals surface area contributed by atoms with Gasteiger partial charge >= 0.3 is 0 Å². The Morgan fingerprint density at radius 2 is 1.08 bits per heavy atom. The highest BCUT2D eigenvalue weighted by molar-refractivity contribution is 5.99. The number of hydrogen-bond acceptors (Lipinski definition) is 10. The summed E-state index contributed by atoms with van der Waals surface area (Å²) in [5.41, 5.74) is -0.0549. The first-order valence-corrected chi connectivity index (χ1v) is 19.9. The molecule has 10 heteroatoms. The molecule has 8 heterocycles. The Morgan fingerprint density at radius 1 is 0.608 bits per heavy atom. The Hall–Kier alpha value is -1.76. The predicted molar refractivity (Wildman–Crippen MR) is 183 cm³/mol. The molecule has 0 radical (unpaired) electrons. The van der Waals surface area contributed by atoms with Crippen molar-refractivity contribution in [2.24, 2.45) is 47.3 Å². The number of ether oxygens (including phenoxy) is 4. The van der Waals surface area contributed by atoms with Gasteiger partial charge in [0.1, 0.15) is 0 Å². The van der Waals surface area contributed by atoms with Gasteiger partial charge in [0, 0.05) is 48.6 Å². The van der Waals surface area contributed by atoms with Crippen molar-refractivity contribution < 1.29 is 48.1 Å². The van der Waals surface area contributed by atoms with Crippen LogP contribution < -0.4 is 0 Å². The van der Waals surface area contributed by atoms with Crippen LogP contribution in [0.1, 0.15) is 133 Å². The van der Waals surface area contributed by atoms with Crippen LogP contribution in [0.3, 0.4) is 0 Å². The molecule has 0 unspecified atom stereocenters. The number of hydrogen-bond donors (Lipinski definition) is 0. The fourth-order valence-electron chi connectivity index (χ4n) is 12.1. The maximum absolute atomic E-state index is 13.7. The van der Waals surface area contributed by atoms with E-state index in [1.54, 1.807) is 24.3 Å². The number of Topliss-reactive ketones (excluding diaryl/α,β-unsaturated/α-hetero) is 2. The minimum atomic E-state index is -0.847. The third-order valence-electron chi connectivity index (χ3n) is 15.2. The summed E-state index contributed by atoms with van der Waals surface area (Å²) in [7, 11) is 0. The van der Waals surface area contributed by atoms with Crippen molar-refractivity contribution in [3.05, 3.63) is 35.4 Å². The molecule has 16 atom stereocenters. The van der Waals surface area contributed by atoms with Crippen LogP contribution in [0.15, 0.2) is 24.3 Å². The number of rotatable bonds is 7. The smallest absolute Gasteiger partial charge is 0.201 e. The van der Waals surface area contributed by atoms with Crippen LogP contribution in [-0.4, -0.2) is 59.1 Å². The third-order valence-corrected chi connectivity index (χ3v) is 15.2. The van der Waals surface area contributed by atoms with Crippen molar-refractivity contribution >= 4 is 11.6 Å². The van der Waals surface area contributed by atoms with Crippen molar-refractivity contribution in [2.45, 2.75) is 160 Å². The van der Waals surface area contributed by atoms with E-state index in [2.05, 4.69) is 27.7 Å². The van der Waals surface area contributed by atoms with Crippen LogP contribution in [0.25, 0.3) is 0 Å². The zero-order valence-electron chi connectivity index (χ0n) is 31.1. The molecule has 11 rings (SSSR count). The van der Waals surface area contributed by atoms with Gasteiger partial charge in [-0.3, -0.25) is 9.59 Å². The molecule has 1 aromatic carbocycles. The van der Waals surface area contributed by atoms with E-state index < -0.39 is 35.4 Å². The molecule has 8 aliphatic heterocycles. The molecule has 2 aliphatic carbocycles. The van der Waals surface area contributed by atoms with Crippen LogP contribution in [-0.2, 0) is 38.5 Å². The van der Waals surface area contributed by atoms with E-state index in [1.165, 1.54) is 0 Å². The van der Waals surface area contributed by atoms with Crippen LogP contribution >= 0.6 is 0 Å². The summed E-state index contributed by atoms with van der Waals surface area (Å²) in [4.78, 5) is 51.7. The van der Waals surface area contributed by atoms with Gasteiger partial charge in [-0.1, -0.05) is 52.0 Å². The maximum Gasteiger partial charge on any atom is 0.201 e.